The summed E-state index contributed by atoms with van der Waals surface area (Å²) in [4.78, 5) is 33.3. The van der Waals surface area contributed by atoms with Gasteiger partial charge in [0.1, 0.15) is 5.78 Å². The first-order chi connectivity index (χ1) is 7.43. The number of hydrogen-bond acceptors (Lipinski definition) is 4. The average molecular weight is 221 g/mol. The normalized spacial score (nSPS) is 9.81. The minimum absolute atomic E-state index is 0.0751. The van der Waals surface area contributed by atoms with E-state index in [1.807, 2.05) is 0 Å². The highest BCUT2D eigenvalue weighted by Crippen LogP contribution is 2.19. The number of rotatable bonds is 4. The highest BCUT2D eigenvalue weighted by Gasteiger charge is 2.19. The monoisotopic (exact) mass is 221 g/mol. The Balaban J connectivity index is 3.25. The van der Waals surface area contributed by atoms with Gasteiger partial charge in [0, 0.05) is 5.69 Å². The number of nitrogen functional groups attached to an aromatic ring is 1. The van der Waals surface area contributed by atoms with Crippen LogP contribution >= 0.6 is 0 Å². The van der Waals surface area contributed by atoms with Crippen molar-refractivity contribution in [2.45, 2.75) is 13.3 Å². The van der Waals surface area contributed by atoms with Gasteiger partial charge in [0.05, 0.1) is 17.5 Å². The number of hydrogen-bond donors (Lipinski definition) is 2. The van der Waals surface area contributed by atoms with Crippen molar-refractivity contribution in [1.82, 2.24) is 0 Å². The van der Waals surface area contributed by atoms with Crippen molar-refractivity contribution in [2.75, 3.05) is 5.73 Å². The molecule has 0 fully saturated rings. The van der Waals surface area contributed by atoms with Crippen LogP contribution in [0, 0.1) is 0 Å². The molecule has 0 unspecified atom stereocenters. The molecule has 0 bridgehead atoms. The number of carboxylic acid groups (broad SMARTS) is 1. The molecular formula is C11H11NO4. The molecule has 1 aromatic carbocycles. The van der Waals surface area contributed by atoms with E-state index in [1.165, 1.54) is 25.1 Å². The maximum absolute atomic E-state index is 11.6. The van der Waals surface area contributed by atoms with Crippen molar-refractivity contribution < 1.29 is 19.5 Å². The summed E-state index contributed by atoms with van der Waals surface area (Å²) in [6.07, 6.45) is -0.339. The second-order valence-electron chi connectivity index (χ2n) is 3.38. The van der Waals surface area contributed by atoms with Gasteiger partial charge in [-0.25, -0.2) is 4.79 Å². The van der Waals surface area contributed by atoms with E-state index in [-0.39, 0.29) is 29.0 Å². The van der Waals surface area contributed by atoms with Crippen molar-refractivity contribution in [3.63, 3.8) is 0 Å². The molecule has 5 heteroatoms. The molecule has 16 heavy (non-hydrogen) atoms. The second-order valence-corrected chi connectivity index (χ2v) is 3.38. The molecule has 0 aliphatic rings. The molecule has 0 aliphatic carbocycles. The fourth-order valence-electron chi connectivity index (χ4n) is 1.37. The van der Waals surface area contributed by atoms with Gasteiger partial charge in [0.25, 0.3) is 0 Å². The van der Waals surface area contributed by atoms with Crippen molar-refractivity contribution in [1.29, 1.82) is 0 Å². The van der Waals surface area contributed by atoms with Crippen molar-refractivity contribution in [2.24, 2.45) is 0 Å². The summed E-state index contributed by atoms with van der Waals surface area (Å²) in [6, 6.07) is 4.16. The van der Waals surface area contributed by atoms with Gasteiger partial charge in [-0.1, -0.05) is 6.07 Å². The van der Waals surface area contributed by atoms with E-state index < -0.39 is 11.8 Å². The van der Waals surface area contributed by atoms with E-state index >= 15 is 0 Å². The quantitative estimate of drug-likeness (QED) is 0.451. The lowest BCUT2D eigenvalue weighted by atomic mass is 9.98. The van der Waals surface area contributed by atoms with E-state index in [0.717, 1.165) is 0 Å². The van der Waals surface area contributed by atoms with Crippen LogP contribution in [0.5, 0.6) is 0 Å². The highest BCUT2D eigenvalue weighted by atomic mass is 16.4. The number of carbonyl (C=O) groups is 3. The number of nitrogens with two attached hydrogens (primary N) is 1. The first kappa shape index (κ1) is 11.9. The molecule has 0 aromatic heterocycles. The van der Waals surface area contributed by atoms with Gasteiger partial charge >= 0.3 is 5.97 Å². The van der Waals surface area contributed by atoms with Crippen LogP contribution in [0.25, 0.3) is 0 Å². The molecule has 0 aliphatic heterocycles. The molecule has 0 heterocycles. The van der Waals surface area contributed by atoms with Crippen molar-refractivity contribution in [3.8, 4) is 0 Å². The topological polar surface area (TPSA) is 97.5 Å². The predicted molar refractivity (Wildman–Crippen MR) is 57.4 cm³/mol. The number of aromatic carboxylic acids is 1. The van der Waals surface area contributed by atoms with Crippen LogP contribution in [0.2, 0.25) is 0 Å². The number of carbonyl (C=O) groups excluding carboxylic acids is 2. The zero-order valence-electron chi connectivity index (χ0n) is 8.69. The van der Waals surface area contributed by atoms with Gasteiger partial charge < -0.3 is 10.8 Å². The summed E-state index contributed by atoms with van der Waals surface area (Å²) in [5.74, 6) is -2.13. The van der Waals surface area contributed by atoms with E-state index in [0.29, 0.717) is 0 Å². The SMILES string of the molecule is CC(=O)CC(=O)c1c(N)cccc1C(=O)O. The summed E-state index contributed by atoms with van der Waals surface area (Å²) in [5.41, 5.74) is 5.35. The molecule has 84 valence electrons. The molecule has 0 atom stereocenters. The highest BCUT2D eigenvalue weighted by molar-refractivity contribution is 6.14. The standard InChI is InChI=1S/C11H11NO4/c1-6(13)5-9(14)10-7(11(15)16)3-2-4-8(10)12/h2-4H,5,12H2,1H3,(H,15,16). The summed E-state index contributed by atoms with van der Waals surface area (Å²) >= 11 is 0. The van der Waals surface area contributed by atoms with Gasteiger partial charge in [-0.15, -0.1) is 0 Å². The molecule has 0 amide bonds. The van der Waals surface area contributed by atoms with Crippen LogP contribution < -0.4 is 5.73 Å². The lowest BCUT2D eigenvalue weighted by Crippen LogP contribution is -2.13. The van der Waals surface area contributed by atoms with Gasteiger partial charge in [-0.05, 0) is 19.1 Å². The molecule has 1 aromatic rings. The van der Waals surface area contributed by atoms with E-state index in [4.69, 9.17) is 10.8 Å². The van der Waals surface area contributed by atoms with Crippen molar-refractivity contribution >= 4 is 23.2 Å². The van der Waals surface area contributed by atoms with E-state index in [1.54, 1.807) is 0 Å². The largest absolute Gasteiger partial charge is 0.478 e. The van der Waals surface area contributed by atoms with Crippen LogP contribution in [0.15, 0.2) is 18.2 Å². The minimum atomic E-state index is -1.24. The Hall–Kier alpha value is -2.17. The summed E-state index contributed by atoms with van der Waals surface area (Å²) in [5, 5.41) is 8.88. The average Bonchev–Trinajstić information content (AvgIpc) is 2.15. The van der Waals surface area contributed by atoms with Gasteiger partial charge in [0.15, 0.2) is 5.78 Å². The van der Waals surface area contributed by atoms with Gasteiger partial charge in [0.2, 0.25) is 0 Å². The maximum atomic E-state index is 11.6. The lowest BCUT2D eigenvalue weighted by molar-refractivity contribution is -0.116. The molecule has 3 N–H and O–H groups in total. The van der Waals surface area contributed by atoms with Crippen LogP contribution in [0.1, 0.15) is 34.1 Å². The first-order valence-electron chi connectivity index (χ1n) is 4.58. The Morgan fingerprint density at radius 3 is 2.44 bits per heavy atom. The summed E-state index contributed by atoms with van der Waals surface area (Å²) < 4.78 is 0. The van der Waals surface area contributed by atoms with E-state index in [9.17, 15) is 14.4 Å². The third-order valence-corrected chi connectivity index (χ3v) is 2.02. The van der Waals surface area contributed by atoms with E-state index in [2.05, 4.69) is 0 Å². The molecule has 0 saturated heterocycles. The number of carboxylic acids is 1. The van der Waals surface area contributed by atoms with Crippen molar-refractivity contribution in [3.05, 3.63) is 29.3 Å². The Morgan fingerprint density at radius 1 is 1.31 bits per heavy atom. The molecule has 1 rings (SSSR count). The third-order valence-electron chi connectivity index (χ3n) is 2.02. The van der Waals surface area contributed by atoms with Crippen LogP contribution in [0.3, 0.4) is 0 Å². The third kappa shape index (κ3) is 2.44. The molecule has 5 nitrogen and oxygen atoms in total. The smallest absolute Gasteiger partial charge is 0.336 e. The Labute approximate surface area is 91.9 Å². The lowest BCUT2D eigenvalue weighted by Gasteiger charge is -2.07. The Kier molecular flexibility index (Phi) is 3.40. The van der Waals surface area contributed by atoms with Crippen LogP contribution in [-0.4, -0.2) is 22.6 Å². The number of Topliss-reactive ketones (excluding diaryl/α,β-unsaturated/α-hetero) is 2. The number of ketones is 2. The molecular weight excluding hydrogens is 210 g/mol. The zero-order valence-corrected chi connectivity index (χ0v) is 8.69. The predicted octanol–water partition coefficient (Wildman–Crippen LogP) is 1.13. The van der Waals surface area contributed by atoms with Crippen LogP contribution in [-0.2, 0) is 4.79 Å². The molecule has 0 radical (unpaired) electrons. The second kappa shape index (κ2) is 4.57. The maximum Gasteiger partial charge on any atom is 0.336 e. The fourth-order valence-corrected chi connectivity index (χ4v) is 1.37. The fraction of sp³-hybridized carbons (Fsp3) is 0.182. The molecule has 0 spiro atoms. The Morgan fingerprint density at radius 2 is 1.94 bits per heavy atom. The first-order valence-corrected chi connectivity index (χ1v) is 4.58. The molecule has 0 saturated carbocycles. The Bertz CT molecular complexity index is 465. The van der Waals surface area contributed by atoms with Gasteiger partial charge in [-0.2, -0.15) is 0 Å². The zero-order chi connectivity index (χ0) is 12.3. The summed E-state index contributed by atoms with van der Waals surface area (Å²) in [6.45, 7) is 1.26. The number of benzene rings is 1. The summed E-state index contributed by atoms with van der Waals surface area (Å²) in [7, 11) is 0. The van der Waals surface area contributed by atoms with Crippen LogP contribution in [0.4, 0.5) is 5.69 Å². The number of anilines is 1. The minimum Gasteiger partial charge on any atom is -0.478 e. The van der Waals surface area contributed by atoms with Gasteiger partial charge in [-0.3, -0.25) is 9.59 Å².